The van der Waals surface area contributed by atoms with E-state index in [0.717, 1.165) is 24.8 Å². The van der Waals surface area contributed by atoms with Gasteiger partial charge in [0.25, 0.3) is 0 Å². The maximum Gasteiger partial charge on any atom is 0.0580 e. The number of rotatable bonds is 5. The van der Waals surface area contributed by atoms with Crippen LogP contribution in [0.25, 0.3) is 0 Å². The summed E-state index contributed by atoms with van der Waals surface area (Å²) in [5.41, 5.74) is 0. The van der Waals surface area contributed by atoms with Crippen LogP contribution in [0.3, 0.4) is 0 Å². The highest BCUT2D eigenvalue weighted by molar-refractivity contribution is 4.84. The van der Waals surface area contributed by atoms with Crippen LogP contribution >= 0.6 is 0 Å². The van der Waals surface area contributed by atoms with E-state index in [0.29, 0.717) is 5.92 Å². The zero-order chi connectivity index (χ0) is 14.5. The first-order chi connectivity index (χ1) is 9.60. The topological polar surface area (TPSA) is 26.7 Å². The zero-order valence-electron chi connectivity index (χ0n) is 13.7. The molecular weight excluding hydrogens is 248 g/mol. The fourth-order valence-corrected chi connectivity index (χ4v) is 3.93. The number of piperazine rings is 1. The lowest BCUT2D eigenvalue weighted by Gasteiger charge is -2.40. The Labute approximate surface area is 125 Å². The molecule has 3 atom stereocenters. The van der Waals surface area contributed by atoms with Gasteiger partial charge < -0.3 is 14.9 Å². The van der Waals surface area contributed by atoms with Crippen LogP contribution in [0.1, 0.15) is 46.5 Å². The third-order valence-electron chi connectivity index (χ3n) is 5.42. The fraction of sp³-hybridized carbons (Fsp3) is 1.00. The summed E-state index contributed by atoms with van der Waals surface area (Å²) in [7, 11) is 0. The monoisotopic (exact) mass is 282 g/mol. The predicted molar refractivity (Wildman–Crippen MR) is 84.8 cm³/mol. The van der Waals surface area contributed by atoms with Crippen LogP contribution in [0.15, 0.2) is 0 Å². The highest BCUT2D eigenvalue weighted by atomic mass is 16.3. The van der Waals surface area contributed by atoms with E-state index in [1.165, 1.54) is 52.0 Å². The SMILES string of the molecule is CCCN1CCN(CC2CC(C(C)C)CCC2O)CC1. The average molecular weight is 282 g/mol. The molecule has 0 aromatic carbocycles. The fourth-order valence-electron chi connectivity index (χ4n) is 3.93. The van der Waals surface area contributed by atoms with Crippen molar-refractivity contribution in [3.63, 3.8) is 0 Å². The summed E-state index contributed by atoms with van der Waals surface area (Å²) in [6.07, 6.45) is 4.67. The maximum absolute atomic E-state index is 10.3. The molecule has 0 bridgehead atoms. The Morgan fingerprint density at radius 3 is 2.30 bits per heavy atom. The van der Waals surface area contributed by atoms with E-state index >= 15 is 0 Å². The van der Waals surface area contributed by atoms with Gasteiger partial charge in [0.05, 0.1) is 6.10 Å². The lowest BCUT2D eigenvalue weighted by atomic mass is 9.74. The Morgan fingerprint density at radius 2 is 1.70 bits per heavy atom. The molecule has 1 aliphatic carbocycles. The molecule has 3 unspecified atom stereocenters. The van der Waals surface area contributed by atoms with E-state index in [2.05, 4.69) is 30.6 Å². The van der Waals surface area contributed by atoms with Gasteiger partial charge >= 0.3 is 0 Å². The molecule has 0 aromatic heterocycles. The molecule has 1 saturated heterocycles. The van der Waals surface area contributed by atoms with Crippen molar-refractivity contribution in [3.8, 4) is 0 Å². The molecule has 1 heterocycles. The van der Waals surface area contributed by atoms with Crippen molar-refractivity contribution in [3.05, 3.63) is 0 Å². The van der Waals surface area contributed by atoms with Gasteiger partial charge in [-0.3, -0.25) is 0 Å². The first kappa shape index (κ1) is 16.3. The number of hydrogen-bond acceptors (Lipinski definition) is 3. The molecule has 3 heteroatoms. The Kier molecular flexibility index (Phi) is 6.31. The molecule has 0 amide bonds. The Morgan fingerprint density at radius 1 is 1.05 bits per heavy atom. The number of aliphatic hydroxyl groups is 1. The van der Waals surface area contributed by atoms with E-state index in [1.54, 1.807) is 0 Å². The molecule has 2 aliphatic rings. The van der Waals surface area contributed by atoms with Crippen LogP contribution in [0.2, 0.25) is 0 Å². The van der Waals surface area contributed by atoms with Crippen molar-refractivity contribution in [2.75, 3.05) is 39.3 Å². The minimum atomic E-state index is -0.0568. The van der Waals surface area contributed by atoms with Gasteiger partial charge in [-0.2, -0.15) is 0 Å². The molecule has 1 N–H and O–H groups in total. The summed E-state index contributed by atoms with van der Waals surface area (Å²) >= 11 is 0. The molecule has 2 fully saturated rings. The van der Waals surface area contributed by atoms with Crippen molar-refractivity contribution in [1.29, 1.82) is 0 Å². The molecule has 1 saturated carbocycles. The summed E-state index contributed by atoms with van der Waals surface area (Å²) in [6, 6.07) is 0. The lowest BCUT2D eigenvalue weighted by molar-refractivity contribution is 0.00936. The van der Waals surface area contributed by atoms with Crippen molar-refractivity contribution in [1.82, 2.24) is 9.80 Å². The second-order valence-electron chi connectivity index (χ2n) is 7.29. The highest BCUT2D eigenvalue weighted by Crippen LogP contribution is 2.34. The van der Waals surface area contributed by atoms with Gasteiger partial charge in [-0.25, -0.2) is 0 Å². The molecule has 1 aliphatic heterocycles. The first-order valence-corrected chi connectivity index (χ1v) is 8.73. The zero-order valence-corrected chi connectivity index (χ0v) is 13.7. The standard InChI is InChI=1S/C17H34N2O/c1-4-7-18-8-10-19(11-9-18)13-16-12-15(14(2)3)5-6-17(16)20/h14-17,20H,4-13H2,1-3H3. The van der Waals surface area contributed by atoms with Crippen molar-refractivity contribution >= 4 is 0 Å². The van der Waals surface area contributed by atoms with E-state index in [9.17, 15) is 5.11 Å². The van der Waals surface area contributed by atoms with Gasteiger partial charge in [0.15, 0.2) is 0 Å². The summed E-state index contributed by atoms with van der Waals surface area (Å²) in [5, 5.41) is 10.3. The minimum Gasteiger partial charge on any atom is -0.393 e. The van der Waals surface area contributed by atoms with E-state index in [-0.39, 0.29) is 6.10 Å². The summed E-state index contributed by atoms with van der Waals surface area (Å²) in [6.45, 7) is 14.1. The van der Waals surface area contributed by atoms with Gasteiger partial charge in [-0.15, -0.1) is 0 Å². The van der Waals surface area contributed by atoms with Crippen molar-refractivity contribution < 1.29 is 5.11 Å². The maximum atomic E-state index is 10.3. The molecule has 3 nitrogen and oxygen atoms in total. The van der Waals surface area contributed by atoms with Crippen LogP contribution < -0.4 is 0 Å². The van der Waals surface area contributed by atoms with Gasteiger partial charge in [0.2, 0.25) is 0 Å². The smallest absolute Gasteiger partial charge is 0.0580 e. The van der Waals surface area contributed by atoms with Crippen molar-refractivity contribution in [2.45, 2.75) is 52.6 Å². The van der Waals surface area contributed by atoms with E-state index in [4.69, 9.17) is 0 Å². The largest absolute Gasteiger partial charge is 0.393 e. The van der Waals surface area contributed by atoms with Crippen LogP contribution in [0.5, 0.6) is 0 Å². The highest BCUT2D eigenvalue weighted by Gasteiger charge is 2.32. The molecule has 0 spiro atoms. The third-order valence-corrected chi connectivity index (χ3v) is 5.42. The van der Waals surface area contributed by atoms with E-state index in [1.807, 2.05) is 0 Å². The van der Waals surface area contributed by atoms with Gasteiger partial charge in [0.1, 0.15) is 0 Å². The molecule has 0 radical (unpaired) electrons. The predicted octanol–water partition coefficient (Wildman–Crippen LogP) is 2.45. The number of nitrogens with zero attached hydrogens (tertiary/aromatic N) is 2. The molecular formula is C17H34N2O. The Balaban J connectivity index is 1.77. The quantitative estimate of drug-likeness (QED) is 0.839. The lowest BCUT2D eigenvalue weighted by Crippen LogP contribution is -2.49. The Hall–Kier alpha value is -0.120. The van der Waals surface area contributed by atoms with Gasteiger partial charge in [-0.1, -0.05) is 20.8 Å². The molecule has 118 valence electrons. The normalized spacial score (nSPS) is 33.8. The second kappa shape index (κ2) is 7.77. The van der Waals surface area contributed by atoms with Crippen LogP contribution in [0.4, 0.5) is 0 Å². The average Bonchev–Trinajstić information content (AvgIpc) is 2.43. The third kappa shape index (κ3) is 4.44. The molecule has 2 rings (SSSR count). The van der Waals surface area contributed by atoms with Gasteiger partial charge in [-0.05, 0) is 50.0 Å². The molecule has 20 heavy (non-hydrogen) atoms. The summed E-state index contributed by atoms with van der Waals surface area (Å²) in [5.74, 6) is 2.10. The van der Waals surface area contributed by atoms with Crippen LogP contribution in [-0.2, 0) is 0 Å². The molecule has 0 aromatic rings. The first-order valence-electron chi connectivity index (χ1n) is 8.73. The summed E-state index contributed by atoms with van der Waals surface area (Å²) < 4.78 is 0. The summed E-state index contributed by atoms with van der Waals surface area (Å²) in [4.78, 5) is 5.16. The van der Waals surface area contributed by atoms with Crippen LogP contribution in [0, 0.1) is 17.8 Å². The second-order valence-corrected chi connectivity index (χ2v) is 7.29. The minimum absolute atomic E-state index is 0.0568. The van der Waals surface area contributed by atoms with Crippen molar-refractivity contribution in [2.24, 2.45) is 17.8 Å². The van der Waals surface area contributed by atoms with Crippen LogP contribution in [-0.4, -0.2) is 60.3 Å². The Bertz CT molecular complexity index is 274. The number of hydrogen-bond donors (Lipinski definition) is 1. The van der Waals surface area contributed by atoms with E-state index < -0.39 is 0 Å². The van der Waals surface area contributed by atoms with Gasteiger partial charge in [0, 0.05) is 32.7 Å². The number of aliphatic hydroxyl groups excluding tert-OH is 1.